The number of methoxy groups -OCH3 is 1. The molecule has 0 atom stereocenters. The molecular weight excluding hydrogens is 304 g/mol. The summed E-state index contributed by atoms with van der Waals surface area (Å²) >= 11 is 0. The first-order valence-corrected chi connectivity index (χ1v) is 7.90. The summed E-state index contributed by atoms with van der Waals surface area (Å²) in [4.78, 5) is 11.1. The molecule has 6 nitrogen and oxygen atoms in total. The van der Waals surface area contributed by atoms with E-state index < -0.39 is 0 Å². The maximum atomic E-state index is 5.33. The summed E-state index contributed by atoms with van der Waals surface area (Å²) in [5.41, 5.74) is 3.50. The lowest BCUT2D eigenvalue weighted by Crippen LogP contribution is -2.30. The monoisotopic (exact) mass is 322 g/mol. The van der Waals surface area contributed by atoms with Crippen LogP contribution in [-0.4, -0.2) is 28.8 Å². The first-order valence-electron chi connectivity index (χ1n) is 7.90. The van der Waals surface area contributed by atoms with E-state index in [1.54, 1.807) is 20.2 Å². The number of aryl methyl sites for hydroxylation is 1. The molecule has 0 unspecified atom stereocenters. The van der Waals surface area contributed by atoms with Crippen molar-refractivity contribution < 1.29 is 9.26 Å². The van der Waals surface area contributed by atoms with E-state index >= 15 is 0 Å². The topological polar surface area (TPSA) is 64.3 Å². The molecule has 0 amide bonds. The Hall–Kier alpha value is -2.89. The second-order valence-corrected chi connectivity index (χ2v) is 5.86. The number of hydrogen-bond acceptors (Lipinski definition) is 6. The maximum absolute atomic E-state index is 5.33. The average molecular weight is 322 g/mol. The minimum absolute atomic E-state index is 0.500. The summed E-state index contributed by atoms with van der Waals surface area (Å²) in [6.45, 7) is 3.58. The highest BCUT2D eigenvalue weighted by molar-refractivity contribution is 5.55. The van der Waals surface area contributed by atoms with Crippen molar-refractivity contribution in [3.8, 4) is 17.2 Å². The molecular formula is C18H18N4O2. The molecule has 0 saturated carbocycles. The van der Waals surface area contributed by atoms with Crippen LogP contribution in [0.4, 0.5) is 5.82 Å². The molecule has 4 rings (SSSR count). The molecule has 24 heavy (non-hydrogen) atoms. The fraction of sp³-hybridized carbons (Fsp3) is 0.278. The standard InChI is InChI=1S/C18H18N4O2/c1-12-20-18(24-21-12)14-4-6-17(19-10-14)22-8-7-13-3-5-16(23-2)9-15(13)11-22/h3-6,9-10H,7-8,11H2,1-2H3. The van der Waals surface area contributed by atoms with Crippen molar-refractivity contribution in [3.63, 3.8) is 0 Å². The third kappa shape index (κ3) is 2.71. The SMILES string of the molecule is COc1ccc2c(c1)CN(c1ccc(-c3nc(C)no3)cn1)CC2. The van der Waals surface area contributed by atoms with Crippen molar-refractivity contribution in [2.45, 2.75) is 19.9 Å². The third-order valence-corrected chi connectivity index (χ3v) is 4.27. The van der Waals surface area contributed by atoms with E-state index in [1.165, 1.54) is 11.1 Å². The molecule has 0 aliphatic carbocycles. The van der Waals surface area contributed by atoms with Gasteiger partial charge in [0.05, 0.1) is 12.7 Å². The van der Waals surface area contributed by atoms with Gasteiger partial charge < -0.3 is 14.2 Å². The molecule has 122 valence electrons. The Kier molecular flexibility index (Phi) is 3.65. The van der Waals surface area contributed by atoms with E-state index in [0.29, 0.717) is 11.7 Å². The molecule has 0 saturated heterocycles. The van der Waals surface area contributed by atoms with Crippen molar-refractivity contribution in [2.24, 2.45) is 0 Å². The van der Waals surface area contributed by atoms with Crippen molar-refractivity contribution in [2.75, 3.05) is 18.6 Å². The molecule has 0 spiro atoms. The van der Waals surface area contributed by atoms with Crippen LogP contribution in [0.25, 0.3) is 11.5 Å². The molecule has 1 aliphatic heterocycles. The molecule has 0 N–H and O–H groups in total. The minimum Gasteiger partial charge on any atom is -0.497 e. The first kappa shape index (κ1) is 14.7. The van der Waals surface area contributed by atoms with Crippen LogP contribution in [0, 0.1) is 6.92 Å². The van der Waals surface area contributed by atoms with Gasteiger partial charge in [0.1, 0.15) is 11.6 Å². The summed E-state index contributed by atoms with van der Waals surface area (Å²) < 4.78 is 10.5. The van der Waals surface area contributed by atoms with Crippen LogP contribution in [0.1, 0.15) is 17.0 Å². The summed E-state index contributed by atoms with van der Waals surface area (Å²) in [7, 11) is 1.70. The first-order chi connectivity index (χ1) is 11.7. The maximum Gasteiger partial charge on any atom is 0.259 e. The van der Waals surface area contributed by atoms with E-state index in [2.05, 4.69) is 32.2 Å². The zero-order valence-electron chi connectivity index (χ0n) is 13.7. The van der Waals surface area contributed by atoms with Gasteiger partial charge in [0.15, 0.2) is 5.82 Å². The Balaban J connectivity index is 1.56. The zero-order valence-corrected chi connectivity index (χ0v) is 13.7. The second kappa shape index (κ2) is 5.96. The van der Waals surface area contributed by atoms with Crippen LogP contribution < -0.4 is 9.64 Å². The Morgan fingerprint density at radius 1 is 1.17 bits per heavy atom. The van der Waals surface area contributed by atoms with E-state index in [-0.39, 0.29) is 0 Å². The van der Waals surface area contributed by atoms with E-state index in [1.807, 2.05) is 18.2 Å². The number of hydrogen-bond donors (Lipinski definition) is 0. The fourth-order valence-corrected chi connectivity index (χ4v) is 2.97. The van der Waals surface area contributed by atoms with Gasteiger partial charge in [-0.25, -0.2) is 4.98 Å². The highest BCUT2D eigenvalue weighted by Crippen LogP contribution is 2.27. The molecule has 6 heteroatoms. The molecule has 3 heterocycles. The van der Waals surface area contributed by atoms with Gasteiger partial charge >= 0.3 is 0 Å². The lowest BCUT2D eigenvalue weighted by molar-refractivity contribution is 0.413. The molecule has 0 radical (unpaired) electrons. The molecule has 2 aromatic heterocycles. The Morgan fingerprint density at radius 3 is 2.79 bits per heavy atom. The van der Waals surface area contributed by atoms with Gasteiger partial charge in [-0.15, -0.1) is 0 Å². The summed E-state index contributed by atoms with van der Waals surface area (Å²) in [5, 5.41) is 3.81. The number of benzene rings is 1. The smallest absolute Gasteiger partial charge is 0.259 e. The van der Waals surface area contributed by atoms with Gasteiger partial charge in [0.2, 0.25) is 0 Å². The van der Waals surface area contributed by atoms with E-state index in [9.17, 15) is 0 Å². The Bertz CT molecular complexity index is 858. The number of rotatable bonds is 3. The number of ether oxygens (including phenoxy) is 1. The fourth-order valence-electron chi connectivity index (χ4n) is 2.97. The molecule has 0 fully saturated rings. The lowest BCUT2D eigenvalue weighted by Gasteiger charge is -2.30. The molecule has 0 bridgehead atoms. The van der Waals surface area contributed by atoms with Crippen LogP contribution >= 0.6 is 0 Å². The van der Waals surface area contributed by atoms with Gasteiger partial charge in [-0.1, -0.05) is 11.2 Å². The minimum atomic E-state index is 0.500. The van der Waals surface area contributed by atoms with Gasteiger partial charge in [-0.2, -0.15) is 4.98 Å². The van der Waals surface area contributed by atoms with E-state index in [4.69, 9.17) is 9.26 Å². The van der Waals surface area contributed by atoms with Gasteiger partial charge in [0.25, 0.3) is 5.89 Å². The molecule has 3 aromatic rings. The summed E-state index contributed by atoms with van der Waals surface area (Å²) in [5.74, 6) is 2.96. The second-order valence-electron chi connectivity index (χ2n) is 5.86. The van der Waals surface area contributed by atoms with Crippen LogP contribution in [-0.2, 0) is 13.0 Å². The highest BCUT2D eigenvalue weighted by atomic mass is 16.5. The Labute approximate surface area is 140 Å². The number of nitrogens with zero attached hydrogens (tertiary/aromatic N) is 4. The quantitative estimate of drug-likeness (QED) is 0.738. The van der Waals surface area contributed by atoms with Crippen LogP contribution in [0.3, 0.4) is 0 Å². The predicted octanol–water partition coefficient (Wildman–Crippen LogP) is 3.01. The zero-order chi connectivity index (χ0) is 16.5. The van der Waals surface area contributed by atoms with Crippen LogP contribution in [0.5, 0.6) is 5.75 Å². The van der Waals surface area contributed by atoms with Crippen molar-refractivity contribution >= 4 is 5.82 Å². The number of anilines is 1. The number of pyridine rings is 1. The predicted molar refractivity (Wildman–Crippen MR) is 90.0 cm³/mol. The third-order valence-electron chi connectivity index (χ3n) is 4.27. The van der Waals surface area contributed by atoms with Crippen molar-refractivity contribution in [3.05, 3.63) is 53.5 Å². The van der Waals surface area contributed by atoms with Crippen LogP contribution in [0.15, 0.2) is 41.1 Å². The lowest BCUT2D eigenvalue weighted by atomic mass is 9.99. The normalized spacial score (nSPS) is 13.7. The number of aromatic nitrogens is 3. The van der Waals surface area contributed by atoms with Gasteiger partial charge in [0, 0.05) is 19.3 Å². The van der Waals surface area contributed by atoms with E-state index in [0.717, 1.165) is 36.6 Å². The van der Waals surface area contributed by atoms with Gasteiger partial charge in [-0.3, -0.25) is 0 Å². The van der Waals surface area contributed by atoms with Crippen molar-refractivity contribution in [1.29, 1.82) is 0 Å². The average Bonchev–Trinajstić information content (AvgIpc) is 3.07. The summed E-state index contributed by atoms with van der Waals surface area (Å²) in [6.07, 6.45) is 2.79. The molecule has 1 aromatic carbocycles. The number of fused-ring (bicyclic) bond motifs is 1. The van der Waals surface area contributed by atoms with Crippen LogP contribution in [0.2, 0.25) is 0 Å². The summed E-state index contributed by atoms with van der Waals surface area (Å²) in [6, 6.07) is 10.3. The highest BCUT2D eigenvalue weighted by Gasteiger charge is 2.18. The largest absolute Gasteiger partial charge is 0.497 e. The Morgan fingerprint density at radius 2 is 2.08 bits per heavy atom. The van der Waals surface area contributed by atoms with Crippen molar-refractivity contribution in [1.82, 2.24) is 15.1 Å². The molecule has 1 aliphatic rings. The van der Waals surface area contributed by atoms with Gasteiger partial charge in [-0.05, 0) is 48.7 Å².